The number of nitrogens with zero attached hydrogens (tertiary/aromatic N) is 1. The van der Waals surface area contributed by atoms with Crippen LogP contribution in [0, 0.1) is 0 Å². The summed E-state index contributed by atoms with van der Waals surface area (Å²) in [4.78, 5) is 0. The highest BCUT2D eigenvalue weighted by Gasteiger charge is 2.42. The van der Waals surface area contributed by atoms with E-state index in [1.54, 1.807) is 11.1 Å². The molecule has 0 spiro atoms. The van der Waals surface area contributed by atoms with E-state index >= 15 is 0 Å². The van der Waals surface area contributed by atoms with Crippen LogP contribution in [0.3, 0.4) is 0 Å². The van der Waals surface area contributed by atoms with Gasteiger partial charge in [0.15, 0.2) is 0 Å². The Hall–Kier alpha value is -1.84. The van der Waals surface area contributed by atoms with Gasteiger partial charge in [0.05, 0.1) is 19.4 Å². The number of hydrogen-bond acceptors (Lipinski definition) is 1. The lowest BCUT2D eigenvalue weighted by Crippen LogP contribution is -2.34. The molecule has 0 saturated heterocycles. The molecule has 166 valence electrons. The van der Waals surface area contributed by atoms with Crippen molar-refractivity contribution in [2.24, 2.45) is 7.05 Å². The van der Waals surface area contributed by atoms with E-state index in [1.807, 2.05) is 0 Å². The third-order valence-electron chi connectivity index (χ3n) is 6.99. The number of rotatable bonds is 8. The van der Waals surface area contributed by atoms with Gasteiger partial charge in [0.1, 0.15) is 0 Å². The summed E-state index contributed by atoms with van der Waals surface area (Å²) in [6.07, 6.45) is 5.12. The van der Waals surface area contributed by atoms with Gasteiger partial charge in [-0.15, -0.1) is 0 Å². The van der Waals surface area contributed by atoms with Crippen LogP contribution >= 0.6 is 0 Å². The summed E-state index contributed by atoms with van der Waals surface area (Å²) in [5.74, 6) is 0. The number of benzene rings is 2. The predicted octanol–water partition coefficient (Wildman–Crippen LogP) is 7.91. The number of ether oxygens (including phenoxy) is 1. The number of aromatic nitrogens is 1. The molecular formula is C28H39NOSi. The molecule has 1 unspecified atom stereocenters. The van der Waals surface area contributed by atoms with Gasteiger partial charge in [-0.2, -0.15) is 0 Å². The Morgan fingerprint density at radius 2 is 1.58 bits per heavy atom. The van der Waals surface area contributed by atoms with Crippen LogP contribution in [-0.2, 0) is 11.8 Å². The Kier molecular flexibility index (Phi) is 6.20. The van der Waals surface area contributed by atoms with E-state index in [4.69, 9.17) is 4.74 Å². The molecule has 2 aromatic carbocycles. The van der Waals surface area contributed by atoms with E-state index in [-0.39, 0.29) is 5.60 Å². The first kappa shape index (κ1) is 22.4. The van der Waals surface area contributed by atoms with Gasteiger partial charge in [-0.25, -0.2) is 0 Å². The first-order chi connectivity index (χ1) is 14.7. The SMILES string of the molecule is Cn1c2c(c3ccccc31)C([Si](C)(C)CCCCCCOC(C)(C)C)c1ccccc1-2. The molecule has 0 aliphatic heterocycles. The summed E-state index contributed by atoms with van der Waals surface area (Å²) in [5.41, 5.74) is 8.05. The van der Waals surface area contributed by atoms with E-state index in [9.17, 15) is 0 Å². The molecule has 0 amide bonds. The van der Waals surface area contributed by atoms with Gasteiger partial charge in [-0.1, -0.05) is 80.9 Å². The largest absolute Gasteiger partial charge is 0.376 e. The van der Waals surface area contributed by atoms with Gasteiger partial charge in [0.25, 0.3) is 0 Å². The summed E-state index contributed by atoms with van der Waals surface area (Å²) in [6, 6.07) is 19.6. The van der Waals surface area contributed by atoms with Crippen molar-refractivity contribution >= 4 is 19.0 Å². The van der Waals surface area contributed by atoms with E-state index in [0.717, 1.165) is 6.61 Å². The second-order valence-corrected chi connectivity index (χ2v) is 16.0. The van der Waals surface area contributed by atoms with Gasteiger partial charge in [-0.05, 0) is 44.4 Å². The molecule has 0 saturated carbocycles. The summed E-state index contributed by atoms with van der Waals surface area (Å²) in [7, 11) is 0.725. The summed E-state index contributed by atoms with van der Waals surface area (Å²) in [6.45, 7) is 12.5. The Morgan fingerprint density at radius 3 is 2.35 bits per heavy atom. The minimum Gasteiger partial charge on any atom is -0.376 e. The molecule has 0 N–H and O–H groups in total. The number of aryl methyl sites for hydroxylation is 1. The van der Waals surface area contributed by atoms with Crippen molar-refractivity contribution in [2.45, 2.75) is 76.7 Å². The quantitative estimate of drug-likeness (QED) is 0.260. The highest BCUT2D eigenvalue weighted by Crippen LogP contribution is 2.53. The minimum absolute atomic E-state index is 0.0130. The van der Waals surface area contributed by atoms with Crippen molar-refractivity contribution in [3.63, 3.8) is 0 Å². The average molecular weight is 434 g/mol. The number of fused-ring (bicyclic) bond motifs is 5. The molecule has 1 aromatic heterocycles. The standard InChI is InChI=1S/C28H39NOSi/c1-28(2,3)30-19-13-7-8-14-20-31(5,6)27-22-16-10-9-15-21(22)26-25(27)23-17-11-12-18-24(23)29(26)4/h9-12,15-18,27H,7-8,13-14,19-20H2,1-6H3. The maximum Gasteiger partial charge on any atom is 0.0605 e. The first-order valence-electron chi connectivity index (χ1n) is 12.0. The topological polar surface area (TPSA) is 14.2 Å². The van der Waals surface area contributed by atoms with Gasteiger partial charge in [0, 0.05) is 35.7 Å². The molecule has 1 aliphatic rings. The second kappa shape index (κ2) is 8.59. The molecule has 2 nitrogen and oxygen atoms in total. The second-order valence-electron chi connectivity index (χ2n) is 11.0. The van der Waals surface area contributed by atoms with Gasteiger partial charge >= 0.3 is 0 Å². The molecule has 0 fully saturated rings. The zero-order valence-corrected chi connectivity index (χ0v) is 21.3. The van der Waals surface area contributed by atoms with E-state index in [2.05, 4.69) is 94.0 Å². The Balaban J connectivity index is 1.52. The summed E-state index contributed by atoms with van der Waals surface area (Å²) in [5, 5.41) is 1.46. The number of unbranched alkanes of at least 4 members (excludes halogenated alkanes) is 3. The highest BCUT2D eigenvalue weighted by atomic mass is 28.3. The van der Waals surface area contributed by atoms with Gasteiger partial charge in [0.2, 0.25) is 0 Å². The fourth-order valence-corrected chi connectivity index (χ4v) is 9.15. The Bertz CT molecular complexity index is 1060. The molecule has 3 heteroatoms. The smallest absolute Gasteiger partial charge is 0.0605 e. The maximum absolute atomic E-state index is 5.89. The predicted molar refractivity (Wildman–Crippen MR) is 137 cm³/mol. The number of hydrogen-bond donors (Lipinski definition) is 0. The van der Waals surface area contributed by atoms with Crippen molar-refractivity contribution in [3.8, 4) is 11.3 Å². The fourth-order valence-electron chi connectivity index (χ4n) is 5.53. The molecule has 1 aliphatic carbocycles. The molecule has 1 heterocycles. The van der Waals surface area contributed by atoms with Crippen LogP contribution in [0.15, 0.2) is 48.5 Å². The van der Waals surface area contributed by atoms with Crippen LogP contribution in [0.25, 0.3) is 22.2 Å². The summed E-state index contributed by atoms with van der Waals surface area (Å²) >= 11 is 0. The molecule has 4 rings (SSSR count). The van der Waals surface area contributed by atoms with Crippen molar-refractivity contribution in [1.29, 1.82) is 0 Å². The van der Waals surface area contributed by atoms with Crippen molar-refractivity contribution < 1.29 is 4.74 Å². The van der Waals surface area contributed by atoms with Crippen LogP contribution < -0.4 is 0 Å². The third kappa shape index (κ3) is 4.40. The van der Waals surface area contributed by atoms with E-state index in [0.29, 0.717) is 5.54 Å². The highest BCUT2D eigenvalue weighted by molar-refractivity contribution is 6.79. The average Bonchev–Trinajstić information content (AvgIpc) is 3.20. The lowest BCUT2D eigenvalue weighted by atomic mass is 10.1. The summed E-state index contributed by atoms with van der Waals surface area (Å²) < 4.78 is 8.32. The van der Waals surface area contributed by atoms with Crippen molar-refractivity contribution in [1.82, 2.24) is 4.57 Å². The van der Waals surface area contributed by atoms with Crippen LogP contribution in [0.4, 0.5) is 0 Å². The van der Waals surface area contributed by atoms with Crippen LogP contribution in [0.2, 0.25) is 19.1 Å². The van der Waals surface area contributed by atoms with Crippen molar-refractivity contribution in [3.05, 3.63) is 59.7 Å². The maximum atomic E-state index is 5.89. The number of para-hydroxylation sites is 1. The lowest BCUT2D eigenvalue weighted by molar-refractivity contribution is -0.00471. The third-order valence-corrected chi connectivity index (χ3v) is 10.8. The normalized spacial score (nSPS) is 16.0. The fraction of sp³-hybridized carbons (Fsp3) is 0.500. The Morgan fingerprint density at radius 1 is 0.903 bits per heavy atom. The van der Waals surface area contributed by atoms with E-state index < -0.39 is 8.07 Å². The molecular weight excluding hydrogens is 394 g/mol. The molecule has 1 atom stereocenters. The molecule has 3 aromatic rings. The lowest BCUT2D eigenvalue weighted by Gasteiger charge is -2.31. The molecule has 0 bridgehead atoms. The first-order valence-corrected chi connectivity index (χ1v) is 15.3. The zero-order valence-electron chi connectivity index (χ0n) is 20.3. The molecule has 31 heavy (non-hydrogen) atoms. The van der Waals surface area contributed by atoms with Crippen molar-refractivity contribution in [2.75, 3.05) is 6.61 Å². The Labute approximate surface area is 189 Å². The van der Waals surface area contributed by atoms with Crippen LogP contribution in [-0.4, -0.2) is 24.8 Å². The van der Waals surface area contributed by atoms with Crippen LogP contribution in [0.5, 0.6) is 0 Å². The van der Waals surface area contributed by atoms with Gasteiger partial charge < -0.3 is 9.30 Å². The molecule has 0 radical (unpaired) electrons. The van der Waals surface area contributed by atoms with Gasteiger partial charge in [-0.3, -0.25) is 0 Å². The minimum atomic E-state index is -1.52. The van der Waals surface area contributed by atoms with Crippen LogP contribution in [0.1, 0.15) is 63.1 Å². The zero-order chi connectivity index (χ0) is 22.2. The van der Waals surface area contributed by atoms with E-state index in [1.165, 1.54) is 53.9 Å². The monoisotopic (exact) mass is 433 g/mol.